The Labute approximate surface area is 204 Å². The zero-order chi connectivity index (χ0) is 27.0. The normalized spacial score (nSPS) is 40.2. The van der Waals surface area contributed by atoms with Crippen molar-refractivity contribution in [2.75, 3.05) is 26.4 Å². The first-order valence-electron chi connectivity index (χ1n) is 10.6. The first-order valence-corrected chi connectivity index (χ1v) is 10.6. The molecule has 18 nitrogen and oxygen atoms in total. The molecule has 0 unspecified atom stereocenters. The van der Waals surface area contributed by atoms with E-state index in [9.17, 15) is 35.7 Å². The summed E-state index contributed by atoms with van der Waals surface area (Å²) in [5.41, 5.74) is 0. The third kappa shape index (κ3) is 8.66. The molecule has 0 spiro atoms. The Balaban J connectivity index is 0.000000807. The number of hydrogen-bond acceptors (Lipinski definition) is 17. The number of aliphatic hydroxyl groups is 14. The van der Waals surface area contributed by atoms with E-state index in [0.29, 0.717) is 0 Å². The van der Waals surface area contributed by atoms with E-state index in [-0.39, 0.29) is 5.48 Å². The molecule has 0 aliphatic carbocycles. The van der Waals surface area contributed by atoms with Crippen LogP contribution in [0, 0.1) is 0 Å². The van der Waals surface area contributed by atoms with Crippen molar-refractivity contribution in [3.8, 4) is 0 Å². The Kier molecular flexibility index (Phi) is 16.0. The predicted octanol–water partition coefficient (Wildman–Crippen LogP) is -9.81. The third-order valence-corrected chi connectivity index (χ3v) is 5.49. The Hall–Kier alpha value is -0.720. The monoisotopic (exact) mass is 542 g/mol. The molecule has 36 heavy (non-hydrogen) atoms. The maximum atomic E-state index is 9.94. The first kappa shape index (κ1) is 35.3. The van der Waals surface area contributed by atoms with Crippen LogP contribution in [0.2, 0.25) is 0 Å². The van der Waals surface area contributed by atoms with E-state index in [0.717, 1.165) is 0 Å². The molecule has 218 valence electrons. The summed E-state index contributed by atoms with van der Waals surface area (Å²) in [7, 11) is 0. The zero-order valence-corrected chi connectivity index (χ0v) is 18.9. The molecule has 2 rings (SSSR count). The van der Waals surface area contributed by atoms with E-state index in [1.165, 1.54) is 0 Å². The van der Waals surface area contributed by atoms with E-state index in [4.69, 9.17) is 50.0 Å². The topological polar surface area (TPSA) is 342 Å². The van der Waals surface area contributed by atoms with Crippen LogP contribution < -0.4 is 0 Å². The van der Waals surface area contributed by atoms with Crippen molar-refractivity contribution < 1.29 is 91.2 Å². The largest absolute Gasteiger partial charge is 0.412 e. The molecule has 0 aromatic heterocycles. The average Bonchev–Trinajstić information content (AvgIpc) is 2.87. The maximum absolute atomic E-state index is 9.94. The molecule has 0 saturated carbocycles. The molecule has 2 aliphatic rings. The predicted molar refractivity (Wildman–Crippen MR) is 110 cm³/mol. The minimum atomic E-state index is -1.74. The lowest BCUT2D eigenvalue weighted by Gasteiger charge is -2.45. The summed E-state index contributed by atoms with van der Waals surface area (Å²) in [5.74, 6) is 0. The van der Waals surface area contributed by atoms with Gasteiger partial charge < -0.3 is 91.2 Å². The van der Waals surface area contributed by atoms with Crippen molar-refractivity contribution in [3.05, 3.63) is 0 Å². The van der Waals surface area contributed by atoms with Gasteiger partial charge in [0.05, 0.1) is 26.4 Å². The van der Waals surface area contributed by atoms with E-state index in [1.807, 2.05) is 0 Å². The molecule has 2 saturated heterocycles. The minimum absolute atomic E-state index is 0. The second-order valence-corrected chi connectivity index (χ2v) is 8.01. The third-order valence-electron chi connectivity index (χ3n) is 5.49. The van der Waals surface area contributed by atoms with E-state index in [2.05, 4.69) is 0 Å². The summed E-state index contributed by atoms with van der Waals surface area (Å²) in [6.45, 7) is -2.80. The lowest BCUT2D eigenvalue weighted by Crippen LogP contribution is -2.64. The van der Waals surface area contributed by atoms with Crippen LogP contribution in [0.15, 0.2) is 0 Å². The van der Waals surface area contributed by atoms with Crippen molar-refractivity contribution >= 4 is 0 Å². The molecule has 0 amide bonds. The number of hydrogen-bond donors (Lipinski definition) is 14. The molecule has 0 bridgehead atoms. The summed E-state index contributed by atoms with van der Waals surface area (Å²) in [4.78, 5) is 0. The van der Waals surface area contributed by atoms with Gasteiger partial charge in [0.15, 0.2) is 12.6 Å². The van der Waals surface area contributed by atoms with Gasteiger partial charge in [-0.25, -0.2) is 0 Å². The molecule has 0 radical (unpaired) electrons. The Morgan fingerprint density at radius 3 is 1.47 bits per heavy atom. The van der Waals surface area contributed by atoms with Crippen LogP contribution >= 0.6 is 0 Å². The Morgan fingerprint density at radius 1 is 0.583 bits per heavy atom. The standard InChI is InChI=1S/C12H22O11.C6H14O6.H2O/c13-1-3-5(15)6(16)9(19)12(22-3)23-10-4(2-14)21-11(20)8(18)7(10)17;7-1-3(9)5(11)6(12)4(10)2-8;/h3-20H,1-2H2;3-12H,1-2H2;1H2/t3-,4-,5+,6+,7-,8-,9-,10-,11-,12+;3-,4+,5-,6-;/m11./s1. The Bertz CT molecular complexity index is 568. The molecule has 14 atom stereocenters. The van der Waals surface area contributed by atoms with Crippen molar-refractivity contribution in [2.45, 2.75) is 85.8 Å². The second-order valence-electron chi connectivity index (χ2n) is 8.01. The van der Waals surface area contributed by atoms with Gasteiger partial charge in [0, 0.05) is 0 Å². The molecule has 16 N–H and O–H groups in total. The van der Waals surface area contributed by atoms with Gasteiger partial charge >= 0.3 is 0 Å². The number of aliphatic hydroxyl groups excluding tert-OH is 14. The van der Waals surface area contributed by atoms with Crippen molar-refractivity contribution in [1.82, 2.24) is 0 Å². The van der Waals surface area contributed by atoms with Gasteiger partial charge in [0.2, 0.25) is 0 Å². The highest BCUT2D eigenvalue weighted by Gasteiger charge is 2.50. The van der Waals surface area contributed by atoms with Gasteiger partial charge in [-0.15, -0.1) is 0 Å². The Morgan fingerprint density at radius 2 is 1.06 bits per heavy atom. The summed E-state index contributed by atoms with van der Waals surface area (Å²) < 4.78 is 15.3. The van der Waals surface area contributed by atoms with Gasteiger partial charge in [0.25, 0.3) is 0 Å². The molecule has 0 aromatic rings. The second kappa shape index (κ2) is 16.3. The molecular weight excluding hydrogens is 504 g/mol. The number of rotatable bonds is 9. The molecule has 2 fully saturated rings. The summed E-state index contributed by atoms with van der Waals surface area (Å²) in [5, 5.41) is 129. The van der Waals surface area contributed by atoms with E-state index in [1.54, 1.807) is 0 Å². The van der Waals surface area contributed by atoms with Gasteiger partial charge in [-0.05, 0) is 0 Å². The van der Waals surface area contributed by atoms with Crippen molar-refractivity contribution in [2.24, 2.45) is 0 Å². The smallest absolute Gasteiger partial charge is 0.187 e. The van der Waals surface area contributed by atoms with Crippen LogP contribution in [0.3, 0.4) is 0 Å². The van der Waals surface area contributed by atoms with Crippen LogP contribution in [-0.4, -0.2) is 189 Å². The van der Waals surface area contributed by atoms with Crippen molar-refractivity contribution in [1.29, 1.82) is 0 Å². The molecule has 0 aromatic carbocycles. The highest BCUT2D eigenvalue weighted by atomic mass is 16.7. The first-order chi connectivity index (χ1) is 16.4. The SMILES string of the molecule is O.OC[C@@H](O)[C@@H](O)[C@H](O)[C@@H](O)CO.OC[C@H]1O[C@@H](O[C@H]2[C@H](O)[C@@H](O)[C@H](O)O[C@@H]2CO)[C@H](O)[C@@H](O)[C@H]1O. The van der Waals surface area contributed by atoms with Crippen LogP contribution in [0.5, 0.6) is 0 Å². The van der Waals surface area contributed by atoms with Crippen LogP contribution in [-0.2, 0) is 14.2 Å². The summed E-state index contributed by atoms with van der Waals surface area (Å²) in [6, 6.07) is 0. The lowest BCUT2D eigenvalue weighted by atomic mass is 9.97. The fourth-order valence-electron chi connectivity index (χ4n) is 3.24. The zero-order valence-electron chi connectivity index (χ0n) is 18.9. The van der Waals surface area contributed by atoms with Crippen LogP contribution in [0.4, 0.5) is 0 Å². The van der Waals surface area contributed by atoms with Crippen LogP contribution in [0.25, 0.3) is 0 Å². The van der Waals surface area contributed by atoms with Gasteiger partial charge in [0.1, 0.15) is 73.2 Å². The van der Waals surface area contributed by atoms with E-state index < -0.39 is 112 Å². The summed E-state index contributed by atoms with van der Waals surface area (Å²) >= 11 is 0. The maximum Gasteiger partial charge on any atom is 0.187 e. The molecule has 18 heteroatoms. The minimum Gasteiger partial charge on any atom is -0.412 e. The highest BCUT2D eigenvalue weighted by Crippen LogP contribution is 2.28. The van der Waals surface area contributed by atoms with Crippen molar-refractivity contribution in [3.63, 3.8) is 0 Å². The highest BCUT2D eigenvalue weighted by molar-refractivity contribution is 4.93. The molecule has 2 aliphatic heterocycles. The van der Waals surface area contributed by atoms with Gasteiger partial charge in [-0.3, -0.25) is 0 Å². The van der Waals surface area contributed by atoms with E-state index >= 15 is 0 Å². The molecule has 2 heterocycles. The van der Waals surface area contributed by atoms with Gasteiger partial charge in [-0.2, -0.15) is 0 Å². The number of ether oxygens (including phenoxy) is 3. The summed E-state index contributed by atoms with van der Waals surface area (Å²) in [6.07, 6.45) is -22.0. The van der Waals surface area contributed by atoms with Gasteiger partial charge in [-0.1, -0.05) is 0 Å². The molecular formula is C18H38O18. The average molecular weight is 542 g/mol. The fraction of sp³-hybridized carbons (Fsp3) is 1.00. The van der Waals surface area contributed by atoms with Crippen LogP contribution in [0.1, 0.15) is 0 Å². The quantitative estimate of drug-likeness (QED) is 0.128. The fourth-order valence-corrected chi connectivity index (χ4v) is 3.24. The lowest BCUT2D eigenvalue weighted by molar-refractivity contribution is -0.355.